The smallest absolute Gasteiger partial charge is 0.0402 e. The van der Waals surface area contributed by atoms with Crippen molar-refractivity contribution >= 4 is 0 Å². The molecule has 0 aliphatic carbocycles. The van der Waals surface area contributed by atoms with Gasteiger partial charge in [-0.2, -0.15) is 0 Å². The third-order valence-corrected chi connectivity index (χ3v) is 3.61. The SMILES string of the molecule is C=C/C(C#Cc1ccc(C)cc1)=C(C#Cc1ccc(C)cc1)\C=C/C.CC. The molecule has 0 saturated heterocycles. The van der Waals surface area contributed by atoms with Gasteiger partial charge in [-0.05, 0) is 51.1 Å². The molecular weight excluding hydrogens is 324 g/mol. The first kappa shape index (κ1) is 21.8. The highest BCUT2D eigenvalue weighted by molar-refractivity contribution is 5.57. The van der Waals surface area contributed by atoms with E-state index < -0.39 is 0 Å². The summed E-state index contributed by atoms with van der Waals surface area (Å²) in [7, 11) is 0. The van der Waals surface area contributed by atoms with E-state index in [9.17, 15) is 0 Å². The molecule has 0 aliphatic rings. The quantitative estimate of drug-likeness (QED) is 0.412. The summed E-state index contributed by atoms with van der Waals surface area (Å²) in [6, 6.07) is 16.4. The number of aryl methyl sites for hydroxylation is 2. The van der Waals surface area contributed by atoms with E-state index in [-0.39, 0.29) is 0 Å². The zero-order valence-electron chi connectivity index (χ0n) is 17.1. The molecule has 0 fully saturated rings. The predicted octanol–water partition coefficient (Wildman–Crippen LogP) is 6.79. The molecular formula is C27H28. The maximum atomic E-state index is 3.90. The third kappa shape index (κ3) is 7.68. The fraction of sp³-hybridized carbons (Fsp3) is 0.185. The van der Waals surface area contributed by atoms with Crippen LogP contribution in [0.15, 0.2) is 84.5 Å². The van der Waals surface area contributed by atoms with E-state index in [0.717, 1.165) is 22.3 Å². The molecule has 136 valence electrons. The lowest BCUT2D eigenvalue weighted by molar-refractivity contribution is 1.46. The first-order chi connectivity index (χ1) is 13.1. The van der Waals surface area contributed by atoms with Crippen LogP contribution in [-0.2, 0) is 0 Å². The number of hydrogen-bond acceptors (Lipinski definition) is 0. The van der Waals surface area contributed by atoms with Crippen molar-refractivity contribution in [2.75, 3.05) is 0 Å². The molecule has 0 aromatic heterocycles. The Morgan fingerprint density at radius 1 is 0.741 bits per heavy atom. The van der Waals surface area contributed by atoms with Crippen molar-refractivity contribution in [1.82, 2.24) is 0 Å². The van der Waals surface area contributed by atoms with Gasteiger partial charge in [-0.3, -0.25) is 0 Å². The average molecular weight is 353 g/mol. The van der Waals surface area contributed by atoms with Crippen LogP contribution in [0.2, 0.25) is 0 Å². The Kier molecular flexibility index (Phi) is 9.85. The largest absolute Gasteiger partial charge is 0.0978 e. The summed E-state index contributed by atoms with van der Waals surface area (Å²) >= 11 is 0. The van der Waals surface area contributed by atoms with Crippen molar-refractivity contribution in [3.63, 3.8) is 0 Å². The van der Waals surface area contributed by atoms with E-state index in [4.69, 9.17) is 0 Å². The Morgan fingerprint density at radius 2 is 1.15 bits per heavy atom. The van der Waals surface area contributed by atoms with Gasteiger partial charge in [0, 0.05) is 22.3 Å². The molecule has 0 atom stereocenters. The molecule has 2 rings (SSSR count). The van der Waals surface area contributed by atoms with E-state index in [1.165, 1.54) is 11.1 Å². The van der Waals surface area contributed by atoms with Gasteiger partial charge in [-0.15, -0.1) is 0 Å². The molecule has 0 saturated carbocycles. The highest BCUT2D eigenvalue weighted by Crippen LogP contribution is 2.09. The summed E-state index contributed by atoms with van der Waals surface area (Å²) in [5, 5.41) is 0. The minimum atomic E-state index is 0.832. The fourth-order valence-electron chi connectivity index (χ4n) is 2.15. The maximum absolute atomic E-state index is 3.90. The summed E-state index contributed by atoms with van der Waals surface area (Å²) in [5.41, 5.74) is 6.13. The lowest BCUT2D eigenvalue weighted by atomic mass is 10.1. The zero-order chi connectivity index (χ0) is 20.1. The van der Waals surface area contributed by atoms with Crippen LogP contribution in [0.25, 0.3) is 0 Å². The first-order valence-electron chi connectivity index (χ1n) is 9.29. The molecule has 0 heterocycles. The molecule has 0 bridgehead atoms. The van der Waals surface area contributed by atoms with Crippen LogP contribution >= 0.6 is 0 Å². The van der Waals surface area contributed by atoms with Gasteiger partial charge in [0.05, 0.1) is 0 Å². The Morgan fingerprint density at radius 3 is 1.52 bits per heavy atom. The average Bonchev–Trinajstić information content (AvgIpc) is 2.70. The second kappa shape index (κ2) is 12.2. The Bertz CT molecular complexity index is 910. The molecule has 0 N–H and O–H groups in total. The van der Waals surface area contributed by atoms with Crippen LogP contribution in [-0.4, -0.2) is 0 Å². The second-order valence-electron chi connectivity index (χ2n) is 5.76. The molecule has 27 heavy (non-hydrogen) atoms. The van der Waals surface area contributed by atoms with Crippen molar-refractivity contribution in [2.45, 2.75) is 34.6 Å². The number of allylic oxidation sites excluding steroid dienone is 5. The third-order valence-electron chi connectivity index (χ3n) is 3.61. The normalized spacial score (nSPS) is 10.4. The lowest BCUT2D eigenvalue weighted by Gasteiger charge is -1.97. The van der Waals surface area contributed by atoms with Crippen LogP contribution in [0.5, 0.6) is 0 Å². The van der Waals surface area contributed by atoms with Crippen molar-refractivity contribution in [1.29, 1.82) is 0 Å². The van der Waals surface area contributed by atoms with E-state index in [0.29, 0.717) is 0 Å². The highest BCUT2D eigenvalue weighted by atomic mass is 14.0. The molecule has 0 spiro atoms. The van der Waals surface area contributed by atoms with Crippen molar-refractivity contribution < 1.29 is 0 Å². The van der Waals surface area contributed by atoms with Gasteiger partial charge in [-0.1, -0.05) is 91.7 Å². The van der Waals surface area contributed by atoms with Crippen LogP contribution in [0.4, 0.5) is 0 Å². The molecule has 0 radical (unpaired) electrons. The number of benzene rings is 2. The minimum absolute atomic E-state index is 0.832. The molecule has 0 heteroatoms. The van der Waals surface area contributed by atoms with Gasteiger partial charge in [0.2, 0.25) is 0 Å². The summed E-state index contributed by atoms with van der Waals surface area (Å²) in [6.45, 7) is 14.0. The number of hydrogen-bond donors (Lipinski definition) is 0. The van der Waals surface area contributed by atoms with E-state index in [2.05, 4.69) is 68.4 Å². The first-order valence-corrected chi connectivity index (χ1v) is 9.29. The van der Waals surface area contributed by atoms with E-state index >= 15 is 0 Å². The molecule has 2 aromatic carbocycles. The van der Waals surface area contributed by atoms with Crippen LogP contribution in [0, 0.1) is 37.5 Å². The monoisotopic (exact) mass is 352 g/mol. The van der Waals surface area contributed by atoms with Crippen molar-refractivity contribution in [3.05, 3.63) is 107 Å². The van der Waals surface area contributed by atoms with E-state index in [1.807, 2.05) is 57.2 Å². The van der Waals surface area contributed by atoms with Gasteiger partial charge < -0.3 is 0 Å². The summed E-state index contributed by atoms with van der Waals surface area (Å²) in [6.07, 6.45) is 5.71. The molecule has 2 aromatic rings. The number of rotatable bonds is 2. The van der Waals surface area contributed by atoms with Crippen molar-refractivity contribution in [2.24, 2.45) is 0 Å². The summed E-state index contributed by atoms with van der Waals surface area (Å²) in [5.74, 6) is 12.8. The molecule has 0 nitrogen and oxygen atoms in total. The molecule has 0 amide bonds. The van der Waals surface area contributed by atoms with Gasteiger partial charge in [0.15, 0.2) is 0 Å². The summed E-state index contributed by atoms with van der Waals surface area (Å²) < 4.78 is 0. The highest BCUT2D eigenvalue weighted by Gasteiger charge is 1.95. The Hall–Kier alpha value is -3.22. The van der Waals surface area contributed by atoms with Crippen LogP contribution in [0.1, 0.15) is 43.0 Å². The van der Waals surface area contributed by atoms with Crippen molar-refractivity contribution in [3.8, 4) is 23.7 Å². The standard InChI is InChI=1S/C25H22.C2H6/c1-5-7-25(19-17-23-14-10-21(4)11-15-23)24(6-2)18-16-22-12-8-20(3)9-13-22;1-2/h5-15H,2H2,1,3-4H3;1-2H3/b7-5-,25-24-;. The second-order valence-corrected chi connectivity index (χ2v) is 5.76. The Balaban J connectivity index is 0.00000176. The molecule has 0 unspecified atom stereocenters. The van der Waals surface area contributed by atoms with Gasteiger partial charge in [-0.25, -0.2) is 0 Å². The van der Waals surface area contributed by atoms with Crippen LogP contribution in [0.3, 0.4) is 0 Å². The lowest BCUT2D eigenvalue weighted by Crippen LogP contribution is -1.83. The summed E-state index contributed by atoms with van der Waals surface area (Å²) in [4.78, 5) is 0. The molecule has 0 aliphatic heterocycles. The fourth-order valence-corrected chi connectivity index (χ4v) is 2.15. The van der Waals surface area contributed by atoms with Gasteiger partial charge in [0.1, 0.15) is 0 Å². The minimum Gasteiger partial charge on any atom is -0.0978 e. The van der Waals surface area contributed by atoms with Gasteiger partial charge in [0.25, 0.3) is 0 Å². The Labute approximate surface area is 165 Å². The topological polar surface area (TPSA) is 0 Å². The predicted molar refractivity (Wildman–Crippen MR) is 119 cm³/mol. The zero-order valence-corrected chi connectivity index (χ0v) is 17.1. The van der Waals surface area contributed by atoms with Crippen LogP contribution < -0.4 is 0 Å². The maximum Gasteiger partial charge on any atom is 0.0402 e. The van der Waals surface area contributed by atoms with Gasteiger partial charge >= 0.3 is 0 Å². The van der Waals surface area contributed by atoms with E-state index in [1.54, 1.807) is 6.08 Å².